The zero-order valence-corrected chi connectivity index (χ0v) is 12.1. The summed E-state index contributed by atoms with van der Waals surface area (Å²) in [5.74, 6) is 0.219. The van der Waals surface area contributed by atoms with Crippen molar-refractivity contribution in [3.63, 3.8) is 0 Å². The predicted molar refractivity (Wildman–Crippen MR) is 74.5 cm³/mol. The number of likely N-dealkylation sites (N-methyl/N-ethyl adjacent to an activating group) is 1. The quantitative estimate of drug-likeness (QED) is 0.556. The molecule has 0 saturated carbocycles. The minimum atomic E-state index is -0.144. The van der Waals surface area contributed by atoms with Crippen molar-refractivity contribution in [1.82, 2.24) is 10.6 Å². The molecule has 0 heterocycles. The van der Waals surface area contributed by atoms with E-state index >= 15 is 0 Å². The van der Waals surface area contributed by atoms with E-state index in [0.717, 1.165) is 12.8 Å². The lowest BCUT2D eigenvalue weighted by molar-refractivity contribution is -0.122. The summed E-state index contributed by atoms with van der Waals surface area (Å²) in [5.41, 5.74) is 0. The molecule has 0 radical (unpaired) electrons. The van der Waals surface area contributed by atoms with Gasteiger partial charge in [-0.25, -0.2) is 0 Å². The van der Waals surface area contributed by atoms with Crippen molar-refractivity contribution < 1.29 is 9.59 Å². The lowest BCUT2D eigenvalue weighted by Gasteiger charge is -2.12. The van der Waals surface area contributed by atoms with Crippen LogP contribution in [0.3, 0.4) is 0 Å². The van der Waals surface area contributed by atoms with Crippen LogP contribution in [0.15, 0.2) is 0 Å². The molecule has 0 spiro atoms. The van der Waals surface area contributed by atoms with E-state index in [1.165, 1.54) is 19.3 Å². The van der Waals surface area contributed by atoms with E-state index in [-0.39, 0.29) is 17.7 Å². The van der Waals surface area contributed by atoms with Crippen LogP contribution in [0.4, 0.5) is 0 Å². The molecule has 0 fully saturated rings. The third-order valence-corrected chi connectivity index (χ3v) is 3.10. The number of rotatable bonds is 11. The number of hydrogen-bond acceptors (Lipinski definition) is 3. The largest absolute Gasteiger partial charge is 0.356 e. The normalized spacial score (nSPS) is 12.2. The highest BCUT2D eigenvalue weighted by atomic mass is 16.1. The SMILES string of the molecule is CCCCCCCC(=O)NCC[C@H](NC)C(C)=O. The molecule has 1 amide bonds. The molecule has 18 heavy (non-hydrogen) atoms. The summed E-state index contributed by atoms with van der Waals surface area (Å²) in [6.45, 7) is 4.31. The van der Waals surface area contributed by atoms with Gasteiger partial charge in [-0.3, -0.25) is 9.59 Å². The average molecular weight is 256 g/mol. The van der Waals surface area contributed by atoms with E-state index in [1.54, 1.807) is 14.0 Å². The highest BCUT2D eigenvalue weighted by Gasteiger charge is 2.11. The number of carbonyl (C=O) groups excluding carboxylic acids is 2. The Hall–Kier alpha value is -0.900. The van der Waals surface area contributed by atoms with Crippen molar-refractivity contribution in [2.24, 2.45) is 0 Å². The Morgan fingerprint density at radius 2 is 1.78 bits per heavy atom. The van der Waals surface area contributed by atoms with Gasteiger partial charge in [-0.1, -0.05) is 32.6 Å². The van der Waals surface area contributed by atoms with Gasteiger partial charge in [0, 0.05) is 13.0 Å². The standard InChI is InChI=1S/C14H28N2O2/c1-4-5-6-7-8-9-14(18)16-11-10-13(15-3)12(2)17/h13,15H,4-11H2,1-3H3,(H,16,18)/t13-/m0/s1. The zero-order chi connectivity index (χ0) is 13.8. The first kappa shape index (κ1) is 17.1. The van der Waals surface area contributed by atoms with E-state index in [2.05, 4.69) is 17.6 Å². The second kappa shape index (κ2) is 11.2. The van der Waals surface area contributed by atoms with Gasteiger partial charge in [0.2, 0.25) is 5.91 Å². The summed E-state index contributed by atoms with van der Waals surface area (Å²) in [6, 6.07) is -0.144. The predicted octanol–water partition coefficient (Wildman–Crippen LogP) is 2.03. The Morgan fingerprint density at radius 3 is 2.33 bits per heavy atom. The van der Waals surface area contributed by atoms with E-state index in [9.17, 15) is 9.59 Å². The van der Waals surface area contributed by atoms with Crippen molar-refractivity contribution in [3.8, 4) is 0 Å². The summed E-state index contributed by atoms with van der Waals surface area (Å²) < 4.78 is 0. The van der Waals surface area contributed by atoms with Gasteiger partial charge >= 0.3 is 0 Å². The average Bonchev–Trinajstić information content (AvgIpc) is 2.34. The monoisotopic (exact) mass is 256 g/mol. The Morgan fingerprint density at radius 1 is 1.11 bits per heavy atom. The number of carbonyl (C=O) groups is 2. The van der Waals surface area contributed by atoms with Crippen LogP contribution >= 0.6 is 0 Å². The number of ketones is 1. The molecule has 1 atom stereocenters. The molecular weight excluding hydrogens is 228 g/mol. The van der Waals surface area contributed by atoms with Crippen LogP contribution in [0.25, 0.3) is 0 Å². The molecule has 106 valence electrons. The van der Waals surface area contributed by atoms with Crippen LogP contribution in [-0.2, 0) is 9.59 Å². The van der Waals surface area contributed by atoms with Crippen LogP contribution in [-0.4, -0.2) is 31.3 Å². The van der Waals surface area contributed by atoms with E-state index in [1.807, 2.05) is 0 Å². The van der Waals surface area contributed by atoms with Crippen LogP contribution in [0.2, 0.25) is 0 Å². The molecule has 0 unspecified atom stereocenters. The first-order valence-corrected chi connectivity index (χ1v) is 7.06. The summed E-state index contributed by atoms with van der Waals surface area (Å²) >= 11 is 0. The van der Waals surface area contributed by atoms with E-state index in [4.69, 9.17) is 0 Å². The highest BCUT2D eigenvalue weighted by Crippen LogP contribution is 2.04. The van der Waals surface area contributed by atoms with E-state index < -0.39 is 0 Å². The Labute approximate surface area is 111 Å². The number of amides is 1. The highest BCUT2D eigenvalue weighted by molar-refractivity contribution is 5.81. The van der Waals surface area contributed by atoms with Crippen molar-refractivity contribution in [2.45, 2.75) is 64.8 Å². The molecule has 0 aliphatic carbocycles. The molecule has 0 rings (SSSR count). The Bertz CT molecular complexity index is 242. The van der Waals surface area contributed by atoms with Crippen LogP contribution in [0.1, 0.15) is 58.8 Å². The van der Waals surface area contributed by atoms with Gasteiger partial charge in [0.1, 0.15) is 5.78 Å². The number of Topliss-reactive ketones (excluding diaryl/α,β-unsaturated/α-hetero) is 1. The van der Waals surface area contributed by atoms with Crippen LogP contribution < -0.4 is 10.6 Å². The first-order valence-electron chi connectivity index (χ1n) is 7.06. The van der Waals surface area contributed by atoms with Gasteiger partial charge in [-0.15, -0.1) is 0 Å². The second-order valence-corrected chi connectivity index (χ2v) is 4.75. The zero-order valence-electron chi connectivity index (χ0n) is 12.1. The molecule has 0 saturated heterocycles. The molecule has 0 aromatic heterocycles. The second-order valence-electron chi connectivity index (χ2n) is 4.75. The van der Waals surface area contributed by atoms with Gasteiger partial charge in [0.05, 0.1) is 6.04 Å². The maximum atomic E-state index is 11.5. The fourth-order valence-corrected chi connectivity index (χ4v) is 1.88. The lowest BCUT2D eigenvalue weighted by atomic mass is 10.1. The third kappa shape index (κ3) is 9.16. The Kier molecular flexibility index (Phi) is 10.6. The summed E-state index contributed by atoms with van der Waals surface area (Å²) in [7, 11) is 1.77. The maximum Gasteiger partial charge on any atom is 0.219 e. The van der Waals surface area contributed by atoms with Crippen molar-refractivity contribution in [3.05, 3.63) is 0 Å². The van der Waals surface area contributed by atoms with Gasteiger partial charge in [-0.05, 0) is 26.8 Å². The molecule has 2 N–H and O–H groups in total. The first-order chi connectivity index (χ1) is 8.61. The van der Waals surface area contributed by atoms with E-state index in [0.29, 0.717) is 19.4 Å². The van der Waals surface area contributed by atoms with Gasteiger partial charge in [0.15, 0.2) is 0 Å². The molecule has 0 aromatic rings. The van der Waals surface area contributed by atoms with Crippen LogP contribution in [0.5, 0.6) is 0 Å². The number of nitrogens with one attached hydrogen (secondary N) is 2. The van der Waals surface area contributed by atoms with Crippen molar-refractivity contribution in [2.75, 3.05) is 13.6 Å². The third-order valence-electron chi connectivity index (χ3n) is 3.10. The molecule has 4 heteroatoms. The van der Waals surface area contributed by atoms with Gasteiger partial charge < -0.3 is 10.6 Å². The van der Waals surface area contributed by atoms with Gasteiger partial charge in [0.25, 0.3) is 0 Å². The topological polar surface area (TPSA) is 58.2 Å². The molecular formula is C14H28N2O2. The lowest BCUT2D eigenvalue weighted by Crippen LogP contribution is -2.36. The fraction of sp³-hybridized carbons (Fsp3) is 0.857. The number of hydrogen-bond donors (Lipinski definition) is 2. The van der Waals surface area contributed by atoms with Crippen molar-refractivity contribution in [1.29, 1.82) is 0 Å². The van der Waals surface area contributed by atoms with Crippen molar-refractivity contribution >= 4 is 11.7 Å². The maximum absolute atomic E-state index is 11.5. The molecule has 4 nitrogen and oxygen atoms in total. The molecule has 0 aliphatic rings. The molecule has 0 aromatic carbocycles. The molecule has 0 aliphatic heterocycles. The van der Waals surface area contributed by atoms with Crippen LogP contribution in [0, 0.1) is 0 Å². The molecule has 0 bridgehead atoms. The summed E-state index contributed by atoms with van der Waals surface area (Å²) in [6.07, 6.45) is 7.06. The van der Waals surface area contributed by atoms with Gasteiger partial charge in [-0.2, -0.15) is 0 Å². The summed E-state index contributed by atoms with van der Waals surface area (Å²) in [5, 5.41) is 5.80. The smallest absolute Gasteiger partial charge is 0.219 e. The minimum absolute atomic E-state index is 0.102. The number of unbranched alkanes of at least 4 members (excludes halogenated alkanes) is 4. The summed E-state index contributed by atoms with van der Waals surface area (Å²) in [4.78, 5) is 22.6. The Balaban J connectivity index is 3.49. The fourth-order valence-electron chi connectivity index (χ4n) is 1.88. The minimum Gasteiger partial charge on any atom is -0.356 e.